The molecule has 1 aromatic carbocycles. The van der Waals surface area contributed by atoms with Crippen LogP contribution in [0, 0.1) is 11.6 Å². The van der Waals surface area contributed by atoms with Crippen molar-refractivity contribution in [2.45, 2.75) is 68.7 Å². The molecule has 0 bridgehead atoms. The van der Waals surface area contributed by atoms with E-state index in [1.807, 2.05) is 6.92 Å². The molecule has 196 valence electrons. The lowest BCUT2D eigenvalue weighted by molar-refractivity contribution is -0.122. The van der Waals surface area contributed by atoms with Crippen LogP contribution in [0.15, 0.2) is 23.4 Å². The van der Waals surface area contributed by atoms with Crippen molar-refractivity contribution in [1.82, 2.24) is 25.0 Å². The largest absolute Gasteiger partial charge is 0.394 e. The minimum absolute atomic E-state index is 0.0201. The molecule has 0 radical (unpaired) electrons. The van der Waals surface area contributed by atoms with Crippen LogP contribution in [0.5, 0.6) is 0 Å². The van der Waals surface area contributed by atoms with Crippen molar-refractivity contribution in [3.05, 3.63) is 35.4 Å². The van der Waals surface area contributed by atoms with Crippen LogP contribution in [-0.2, 0) is 4.74 Å². The minimum atomic E-state index is -1.50. The molecule has 3 unspecified atom stereocenters. The van der Waals surface area contributed by atoms with Gasteiger partial charge in [-0.1, -0.05) is 36.9 Å². The molecule has 0 amide bonds. The molecule has 3 aromatic rings. The molecular weight excluding hydrogens is 494 g/mol. The van der Waals surface area contributed by atoms with Gasteiger partial charge in [0.25, 0.3) is 0 Å². The zero-order valence-electron chi connectivity index (χ0n) is 20.0. The maximum atomic E-state index is 13.7. The van der Waals surface area contributed by atoms with Crippen molar-refractivity contribution >= 4 is 28.7 Å². The molecule has 5 atom stereocenters. The van der Waals surface area contributed by atoms with Crippen LogP contribution < -0.4 is 5.32 Å². The van der Waals surface area contributed by atoms with E-state index < -0.39 is 30.1 Å². The number of halogens is 2. The lowest BCUT2D eigenvalue weighted by Gasteiger charge is -2.25. The molecule has 4 N–H and O–H groups in total. The monoisotopic (exact) mass is 524 g/mol. The number of thioether (sulfide) groups is 1. The summed E-state index contributed by atoms with van der Waals surface area (Å²) in [5.41, 5.74) is 1.23. The van der Waals surface area contributed by atoms with Crippen LogP contribution in [0.2, 0.25) is 0 Å². The molecule has 10 nitrogen and oxygen atoms in total. The number of hydrogen-bond acceptors (Lipinski definition) is 10. The number of benzene rings is 1. The molecule has 1 fully saturated rings. The van der Waals surface area contributed by atoms with Gasteiger partial charge >= 0.3 is 0 Å². The van der Waals surface area contributed by atoms with E-state index in [-0.39, 0.29) is 30.8 Å². The lowest BCUT2D eigenvalue weighted by Crippen LogP contribution is -2.37. The highest BCUT2D eigenvalue weighted by Gasteiger charge is 2.40. The highest BCUT2D eigenvalue weighted by atomic mass is 32.2. The normalized spacial score (nSPS) is 19.9. The quantitative estimate of drug-likeness (QED) is 0.195. The number of nitrogens with one attached hydrogen (secondary N) is 1. The van der Waals surface area contributed by atoms with Crippen molar-refractivity contribution in [1.29, 1.82) is 0 Å². The van der Waals surface area contributed by atoms with Crippen LogP contribution in [-0.4, -0.2) is 77.5 Å². The fourth-order valence-corrected chi connectivity index (χ4v) is 4.68. The molecule has 0 saturated heterocycles. The predicted octanol–water partition coefficient (Wildman–Crippen LogP) is 2.61. The van der Waals surface area contributed by atoms with Crippen molar-refractivity contribution in [3.63, 3.8) is 0 Å². The molecule has 1 saturated carbocycles. The Balaban J connectivity index is 1.60. The van der Waals surface area contributed by atoms with Gasteiger partial charge in [-0.2, -0.15) is 4.68 Å². The summed E-state index contributed by atoms with van der Waals surface area (Å²) in [6.45, 7) is 3.64. The Hall–Kier alpha value is -2.45. The Morgan fingerprint density at radius 2 is 2.03 bits per heavy atom. The Morgan fingerprint density at radius 3 is 2.72 bits per heavy atom. The molecule has 0 spiro atoms. The Labute approximate surface area is 211 Å². The first-order valence-electron chi connectivity index (χ1n) is 11.9. The van der Waals surface area contributed by atoms with Crippen molar-refractivity contribution < 1.29 is 28.8 Å². The first kappa shape index (κ1) is 26.6. The molecule has 1 aliphatic carbocycles. The summed E-state index contributed by atoms with van der Waals surface area (Å²) >= 11 is 1.43. The zero-order valence-corrected chi connectivity index (χ0v) is 20.8. The topological polar surface area (TPSA) is 138 Å². The standard InChI is InChI=1S/C23H30F2N6O4S/c1-3-9-36-23-27-20(26-16-11-13(16)12-5-6-14(24)15(25)10-12)18-21(28-23)31(30-29-18)22(34)19(33)17(4-2)35-8-7-32/h5-6,10,13,16-17,19,22,32-34H,3-4,7-9,11H2,1-2H3,(H,26,27,28)/t13?,16-,17?,19-,22?/m1/s1. The number of ether oxygens (including phenoxy) is 1. The number of fused-ring (bicyclic) bond motifs is 1. The van der Waals surface area contributed by atoms with E-state index in [2.05, 4.69) is 25.6 Å². The molecular formula is C23H30F2N6O4S. The van der Waals surface area contributed by atoms with E-state index in [1.165, 1.54) is 17.8 Å². The Kier molecular flexibility index (Phi) is 8.67. The SMILES string of the molecule is CCCSc1nc(N[C@@H]2CC2c2ccc(F)c(F)c2)c2nnn(C(O)[C@H](O)C(CC)OCCO)c2n1. The van der Waals surface area contributed by atoms with Gasteiger partial charge in [0.15, 0.2) is 40.0 Å². The number of rotatable bonds is 13. The van der Waals surface area contributed by atoms with E-state index in [9.17, 15) is 19.0 Å². The second-order valence-electron chi connectivity index (χ2n) is 8.62. The predicted molar refractivity (Wildman–Crippen MR) is 130 cm³/mol. The van der Waals surface area contributed by atoms with Crippen LogP contribution in [0.3, 0.4) is 0 Å². The number of aromatic nitrogens is 5. The van der Waals surface area contributed by atoms with Crippen LogP contribution >= 0.6 is 11.8 Å². The van der Waals surface area contributed by atoms with Crippen LogP contribution in [0.25, 0.3) is 11.2 Å². The average Bonchev–Trinajstić information content (AvgIpc) is 3.51. The van der Waals surface area contributed by atoms with Gasteiger partial charge in [0.2, 0.25) is 0 Å². The zero-order chi connectivity index (χ0) is 25.8. The molecule has 2 heterocycles. The lowest BCUT2D eigenvalue weighted by atomic mass is 10.1. The summed E-state index contributed by atoms with van der Waals surface area (Å²) in [6.07, 6.45) is -1.58. The third kappa shape index (κ3) is 5.75. The Morgan fingerprint density at radius 1 is 1.22 bits per heavy atom. The third-order valence-corrected chi connectivity index (χ3v) is 7.04. The molecule has 1 aliphatic rings. The molecule has 13 heteroatoms. The van der Waals surface area contributed by atoms with Gasteiger partial charge in [-0.05, 0) is 37.0 Å². The van der Waals surface area contributed by atoms with E-state index in [4.69, 9.17) is 9.84 Å². The van der Waals surface area contributed by atoms with Gasteiger partial charge in [-0.25, -0.2) is 18.7 Å². The van der Waals surface area contributed by atoms with Crippen LogP contribution in [0.4, 0.5) is 14.6 Å². The molecule has 36 heavy (non-hydrogen) atoms. The number of anilines is 1. The summed E-state index contributed by atoms with van der Waals surface area (Å²) in [7, 11) is 0. The number of aliphatic hydroxyl groups is 3. The van der Waals surface area contributed by atoms with Crippen molar-refractivity contribution in [2.24, 2.45) is 0 Å². The molecule has 0 aliphatic heterocycles. The maximum absolute atomic E-state index is 13.7. The second kappa shape index (κ2) is 11.7. The van der Waals surface area contributed by atoms with E-state index >= 15 is 0 Å². The summed E-state index contributed by atoms with van der Waals surface area (Å²) < 4.78 is 33.6. The summed E-state index contributed by atoms with van der Waals surface area (Å²) in [4.78, 5) is 9.10. The summed E-state index contributed by atoms with van der Waals surface area (Å²) in [5, 5.41) is 42.6. The highest BCUT2D eigenvalue weighted by Crippen LogP contribution is 2.43. The van der Waals surface area contributed by atoms with Gasteiger partial charge in [0.1, 0.15) is 6.10 Å². The van der Waals surface area contributed by atoms with E-state index in [0.717, 1.165) is 22.9 Å². The highest BCUT2D eigenvalue weighted by molar-refractivity contribution is 7.99. The van der Waals surface area contributed by atoms with E-state index in [0.29, 0.717) is 34.9 Å². The molecule has 2 aromatic heterocycles. The average molecular weight is 525 g/mol. The summed E-state index contributed by atoms with van der Waals surface area (Å²) in [6, 6.07) is 3.82. The van der Waals surface area contributed by atoms with Crippen molar-refractivity contribution in [2.75, 3.05) is 24.3 Å². The summed E-state index contributed by atoms with van der Waals surface area (Å²) in [5.74, 6) is -0.613. The molecule has 4 rings (SSSR count). The second-order valence-corrected chi connectivity index (χ2v) is 9.68. The minimum Gasteiger partial charge on any atom is -0.394 e. The van der Waals surface area contributed by atoms with Crippen molar-refractivity contribution in [3.8, 4) is 0 Å². The smallest absolute Gasteiger partial charge is 0.191 e. The first-order chi connectivity index (χ1) is 17.4. The first-order valence-corrected chi connectivity index (χ1v) is 12.9. The maximum Gasteiger partial charge on any atom is 0.191 e. The number of aliphatic hydroxyl groups excluding tert-OH is 3. The fourth-order valence-electron chi connectivity index (χ4n) is 3.99. The number of nitrogens with zero attached hydrogens (tertiary/aromatic N) is 5. The van der Waals surface area contributed by atoms with Gasteiger partial charge in [0, 0.05) is 17.7 Å². The van der Waals surface area contributed by atoms with Gasteiger partial charge < -0.3 is 25.4 Å². The van der Waals surface area contributed by atoms with E-state index in [1.54, 1.807) is 13.0 Å². The van der Waals surface area contributed by atoms with Crippen LogP contribution in [0.1, 0.15) is 50.8 Å². The fraction of sp³-hybridized carbons (Fsp3) is 0.565. The van der Waals surface area contributed by atoms with Gasteiger partial charge in [-0.3, -0.25) is 0 Å². The van der Waals surface area contributed by atoms with Gasteiger partial charge in [0.05, 0.1) is 19.3 Å². The number of hydrogen-bond donors (Lipinski definition) is 4. The third-order valence-electron chi connectivity index (χ3n) is 5.99. The van der Waals surface area contributed by atoms with Gasteiger partial charge in [-0.15, -0.1) is 5.10 Å². The Bertz CT molecular complexity index is 1180.